The van der Waals surface area contributed by atoms with Gasteiger partial charge in [0.15, 0.2) is 0 Å². The second-order valence-electron chi connectivity index (χ2n) is 5.56. The Balaban J connectivity index is 1.89. The predicted molar refractivity (Wildman–Crippen MR) is 78.3 cm³/mol. The molecule has 0 bridgehead atoms. The number of carbonyl (C=O) groups excluding carboxylic acids is 2. The van der Waals surface area contributed by atoms with Gasteiger partial charge in [-0.2, -0.15) is 0 Å². The zero-order valence-electron chi connectivity index (χ0n) is 12.0. The monoisotopic (exact) mass is 275 g/mol. The van der Waals surface area contributed by atoms with Crippen LogP contribution < -0.4 is 10.6 Å². The van der Waals surface area contributed by atoms with Crippen molar-refractivity contribution in [1.29, 1.82) is 0 Å². The zero-order chi connectivity index (χ0) is 14.6. The Hall–Kier alpha value is -1.88. The minimum absolute atomic E-state index is 0.0192. The van der Waals surface area contributed by atoms with Crippen molar-refractivity contribution in [2.24, 2.45) is 5.41 Å². The fraction of sp³-hybridized carbons (Fsp3) is 0.467. The zero-order valence-corrected chi connectivity index (χ0v) is 12.0. The van der Waals surface area contributed by atoms with Crippen LogP contribution in [-0.4, -0.2) is 43.4 Å². The lowest BCUT2D eigenvalue weighted by Gasteiger charge is -2.27. The number of hydrogen-bond acceptors (Lipinski definition) is 3. The van der Waals surface area contributed by atoms with Crippen molar-refractivity contribution >= 4 is 17.5 Å². The van der Waals surface area contributed by atoms with Crippen molar-refractivity contribution in [3.05, 3.63) is 30.3 Å². The van der Waals surface area contributed by atoms with E-state index in [1.54, 1.807) is 7.05 Å². The van der Waals surface area contributed by atoms with Crippen LogP contribution in [0.5, 0.6) is 0 Å². The van der Waals surface area contributed by atoms with Crippen LogP contribution in [0.1, 0.15) is 13.3 Å². The Morgan fingerprint density at radius 3 is 2.65 bits per heavy atom. The van der Waals surface area contributed by atoms with Crippen LogP contribution in [0.15, 0.2) is 30.3 Å². The van der Waals surface area contributed by atoms with Crippen molar-refractivity contribution in [3.63, 3.8) is 0 Å². The van der Waals surface area contributed by atoms with Gasteiger partial charge < -0.3 is 15.5 Å². The lowest BCUT2D eigenvalue weighted by atomic mass is 9.88. The van der Waals surface area contributed by atoms with E-state index in [9.17, 15) is 9.59 Å². The van der Waals surface area contributed by atoms with Gasteiger partial charge in [-0.15, -0.1) is 0 Å². The van der Waals surface area contributed by atoms with Crippen molar-refractivity contribution in [2.45, 2.75) is 13.3 Å². The van der Waals surface area contributed by atoms with Gasteiger partial charge in [-0.3, -0.25) is 9.59 Å². The van der Waals surface area contributed by atoms with Crippen molar-refractivity contribution < 1.29 is 9.59 Å². The largest absolute Gasteiger partial charge is 0.336 e. The van der Waals surface area contributed by atoms with Crippen LogP contribution in [0.3, 0.4) is 0 Å². The van der Waals surface area contributed by atoms with Gasteiger partial charge in [-0.25, -0.2) is 0 Å². The highest BCUT2D eigenvalue weighted by Crippen LogP contribution is 2.26. The molecule has 2 N–H and O–H groups in total. The van der Waals surface area contributed by atoms with Gasteiger partial charge in [0.1, 0.15) is 0 Å². The van der Waals surface area contributed by atoms with Crippen molar-refractivity contribution in [3.8, 4) is 0 Å². The number of nitrogens with one attached hydrogen (secondary N) is 2. The van der Waals surface area contributed by atoms with Gasteiger partial charge in [0, 0.05) is 19.3 Å². The van der Waals surface area contributed by atoms with E-state index in [1.807, 2.05) is 37.3 Å². The second-order valence-corrected chi connectivity index (χ2v) is 5.56. The molecular formula is C15H21N3O2. The Bertz CT molecular complexity index is 481. The summed E-state index contributed by atoms with van der Waals surface area (Å²) < 4.78 is 0. The summed E-state index contributed by atoms with van der Waals surface area (Å²) in [7, 11) is 1.68. The van der Waals surface area contributed by atoms with Crippen molar-refractivity contribution in [1.82, 2.24) is 10.2 Å². The van der Waals surface area contributed by atoms with Crippen molar-refractivity contribution in [2.75, 3.05) is 32.0 Å². The molecule has 2 amide bonds. The molecule has 0 spiro atoms. The molecule has 0 radical (unpaired) electrons. The van der Waals surface area contributed by atoms with Gasteiger partial charge in [0.25, 0.3) is 0 Å². The Labute approximate surface area is 119 Å². The minimum Gasteiger partial charge on any atom is -0.336 e. The molecule has 0 aliphatic carbocycles. The molecule has 1 unspecified atom stereocenters. The summed E-state index contributed by atoms with van der Waals surface area (Å²) in [6.07, 6.45) is 0.816. The number of rotatable bonds is 4. The number of carbonyl (C=O) groups is 2. The first-order chi connectivity index (χ1) is 9.51. The Morgan fingerprint density at radius 1 is 1.35 bits per heavy atom. The Morgan fingerprint density at radius 2 is 2.05 bits per heavy atom. The van der Waals surface area contributed by atoms with E-state index in [2.05, 4.69) is 10.6 Å². The van der Waals surface area contributed by atoms with Gasteiger partial charge in [-0.1, -0.05) is 18.2 Å². The molecule has 1 aromatic carbocycles. The SMILES string of the molecule is CN(CC(=O)Nc1ccccc1)C(=O)C1(C)CCNC1. The maximum Gasteiger partial charge on any atom is 0.243 e. The van der Waals surface area contributed by atoms with Gasteiger partial charge >= 0.3 is 0 Å². The first kappa shape index (κ1) is 14.5. The van der Waals surface area contributed by atoms with Gasteiger partial charge in [0.2, 0.25) is 11.8 Å². The quantitative estimate of drug-likeness (QED) is 0.864. The summed E-state index contributed by atoms with van der Waals surface area (Å²) >= 11 is 0. The molecule has 1 atom stereocenters. The summed E-state index contributed by atoms with van der Waals surface area (Å²) in [6.45, 7) is 3.55. The predicted octanol–water partition coefficient (Wildman–Crippen LogP) is 1.08. The third-order valence-electron chi connectivity index (χ3n) is 3.67. The average molecular weight is 275 g/mol. The first-order valence-electron chi connectivity index (χ1n) is 6.82. The molecular weight excluding hydrogens is 254 g/mol. The normalized spacial score (nSPS) is 21.5. The standard InChI is InChI=1S/C15H21N3O2/c1-15(8-9-16-11-15)14(20)18(2)10-13(19)17-12-6-4-3-5-7-12/h3-7,16H,8-11H2,1-2H3,(H,17,19). The fourth-order valence-corrected chi connectivity index (χ4v) is 2.47. The van der Waals surface area contributed by atoms with Crippen LogP contribution in [0.4, 0.5) is 5.69 Å². The van der Waals surface area contributed by atoms with Gasteiger partial charge in [0.05, 0.1) is 12.0 Å². The topological polar surface area (TPSA) is 61.4 Å². The van der Waals surface area contributed by atoms with E-state index >= 15 is 0 Å². The highest BCUT2D eigenvalue weighted by molar-refractivity contribution is 5.95. The molecule has 1 aliphatic heterocycles. The smallest absolute Gasteiger partial charge is 0.243 e. The fourth-order valence-electron chi connectivity index (χ4n) is 2.47. The Kier molecular flexibility index (Phi) is 4.39. The average Bonchev–Trinajstić information content (AvgIpc) is 2.87. The molecule has 1 aromatic rings. The number of amides is 2. The van der Waals surface area contributed by atoms with Crippen LogP contribution in [-0.2, 0) is 9.59 Å². The summed E-state index contributed by atoms with van der Waals surface area (Å²) in [4.78, 5) is 25.8. The molecule has 1 aliphatic rings. The molecule has 1 saturated heterocycles. The highest BCUT2D eigenvalue weighted by Gasteiger charge is 2.38. The number of likely N-dealkylation sites (N-methyl/N-ethyl adjacent to an activating group) is 1. The maximum atomic E-state index is 12.4. The summed E-state index contributed by atoms with van der Waals surface area (Å²) in [5, 5.41) is 5.98. The number of benzene rings is 1. The van der Waals surface area contributed by atoms with E-state index in [0.29, 0.717) is 6.54 Å². The molecule has 1 fully saturated rings. The van der Waals surface area contributed by atoms with Crippen LogP contribution in [0.25, 0.3) is 0 Å². The van der Waals surface area contributed by atoms with E-state index in [4.69, 9.17) is 0 Å². The molecule has 1 heterocycles. The number of anilines is 1. The van der Waals surface area contributed by atoms with Crippen LogP contribution in [0.2, 0.25) is 0 Å². The van der Waals surface area contributed by atoms with E-state index in [0.717, 1.165) is 18.7 Å². The second kappa shape index (κ2) is 6.05. The van der Waals surface area contributed by atoms with E-state index in [1.165, 1.54) is 4.90 Å². The summed E-state index contributed by atoms with van der Waals surface area (Å²) in [6, 6.07) is 9.24. The molecule has 0 saturated carbocycles. The minimum atomic E-state index is -0.387. The highest BCUT2D eigenvalue weighted by atomic mass is 16.2. The number of para-hydroxylation sites is 1. The molecule has 20 heavy (non-hydrogen) atoms. The van der Waals surface area contributed by atoms with Crippen LogP contribution in [0, 0.1) is 5.41 Å². The first-order valence-corrected chi connectivity index (χ1v) is 6.82. The molecule has 5 heteroatoms. The third kappa shape index (κ3) is 3.36. The van der Waals surface area contributed by atoms with Crippen LogP contribution >= 0.6 is 0 Å². The molecule has 5 nitrogen and oxygen atoms in total. The van der Waals surface area contributed by atoms with E-state index in [-0.39, 0.29) is 23.8 Å². The summed E-state index contributed by atoms with van der Waals surface area (Å²) in [5.74, 6) is -0.160. The lowest BCUT2D eigenvalue weighted by Crippen LogP contribution is -2.44. The van der Waals surface area contributed by atoms with Gasteiger partial charge in [-0.05, 0) is 32.0 Å². The lowest BCUT2D eigenvalue weighted by molar-refractivity contribution is -0.141. The number of hydrogen-bond donors (Lipinski definition) is 2. The number of nitrogens with zero attached hydrogens (tertiary/aromatic N) is 1. The molecule has 0 aromatic heterocycles. The van der Waals surface area contributed by atoms with E-state index < -0.39 is 0 Å². The summed E-state index contributed by atoms with van der Waals surface area (Å²) in [5.41, 5.74) is 0.356. The maximum absolute atomic E-state index is 12.4. The third-order valence-corrected chi connectivity index (χ3v) is 3.67. The molecule has 108 valence electrons. The molecule has 2 rings (SSSR count).